The second kappa shape index (κ2) is 4.82. The van der Waals surface area contributed by atoms with Crippen LogP contribution in [0.1, 0.15) is 16.8 Å². The molecule has 1 aromatic carbocycles. The number of hydrogen-bond acceptors (Lipinski definition) is 2. The molecule has 1 heterocycles. The number of rotatable bonds is 3. The lowest BCUT2D eigenvalue weighted by atomic mass is 10.1. The molecular formula is C13H15N3O. The van der Waals surface area contributed by atoms with Crippen LogP contribution in [0.25, 0.3) is 0 Å². The Morgan fingerprint density at radius 2 is 2.18 bits per heavy atom. The van der Waals surface area contributed by atoms with Crippen LogP contribution in [0.2, 0.25) is 0 Å². The van der Waals surface area contributed by atoms with Crippen molar-refractivity contribution in [3.05, 3.63) is 47.3 Å². The lowest BCUT2D eigenvalue weighted by molar-refractivity contribution is -0.115. The van der Waals surface area contributed by atoms with Crippen molar-refractivity contribution in [3.8, 4) is 0 Å². The van der Waals surface area contributed by atoms with Crippen molar-refractivity contribution in [1.29, 1.82) is 0 Å². The second-order valence-corrected chi connectivity index (χ2v) is 4.13. The first kappa shape index (κ1) is 11.4. The van der Waals surface area contributed by atoms with Gasteiger partial charge in [-0.1, -0.05) is 12.1 Å². The van der Waals surface area contributed by atoms with Crippen molar-refractivity contribution >= 4 is 11.6 Å². The van der Waals surface area contributed by atoms with Gasteiger partial charge < -0.3 is 5.32 Å². The van der Waals surface area contributed by atoms with E-state index in [0.717, 1.165) is 22.5 Å². The van der Waals surface area contributed by atoms with Gasteiger partial charge in [-0.15, -0.1) is 0 Å². The van der Waals surface area contributed by atoms with Crippen LogP contribution in [0, 0.1) is 13.8 Å². The third-order valence-electron chi connectivity index (χ3n) is 2.58. The van der Waals surface area contributed by atoms with Gasteiger partial charge in [-0.05, 0) is 37.1 Å². The fraction of sp³-hybridized carbons (Fsp3) is 0.231. The van der Waals surface area contributed by atoms with E-state index in [1.54, 1.807) is 12.3 Å². The number of hydrogen-bond donors (Lipinski definition) is 2. The molecule has 0 atom stereocenters. The Hall–Kier alpha value is -2.10. The highest BCUT2D eigenvalue weighted by Gasteiger charge is 2.06. The summed E-state index contributed by atoms with van der Waals surface area (Å²) in [4.78, 5) is 11.8. The van der Waals surface area contributed by atoms with Crippen LogP contribution in [-0.2, 0) is 11.2 Å². The number of aromatic amines is 1. The van der Waals surface area contributed by atoms with Crippen molar-refractivity contribution in [2.45, 2.75) is 20.3 Å². The van der Waals surface area contributed by atoms with Gasteiger partial charge in [-0.2, -0.15) is 5.10 Å². The van der Waals surface area contributed by atoms with E-state index in [1.807, 2.05) is 32.0 Å². The van der Waals surface area contributed by atoms with E-state index >= 15 is 0 Å². The molecule has 4 heteroatoms. The summed E-state index contributed by atoms with van der Waals surface area (Å²) in [5.41, 5.74) is 3.88. The third kappa shape index (κ3) is 2.93. The molecule has 0 radical (unpaired) electrons. The summed E-state index contributed by atoms with van der Waals surface area (Å²) in [5.74, 6) is -0.0389. The summed E-state index contributed by atoms with van der Waals surface area (Å²) < 4.78 is 0. The molecule has 4 nitrogen and oxygen atoms in total. The lowest BCUT2D eigenvalue weighted by Gasteiger charge is -2.08. The smallest absolute Gasteiger partial charge is 0.230 e. The quantitative estimate of drug-likeness (QED) is 0.847. The summed E-state index contributed by atoms with van der Waals surface area (Å²) in [6.45, 7) is 3.98. The number of aryl methyl sites for hydroxylation is 2. The van der Waals surface area contributed by atoms with E-state index in [9.17, 15) is 4.79 Å². The molecule has 0 unspecified atom stereocenters. The zero-order valence-corrected chi connectivity index (χ0v) is 9.95. The van der Waals surface area contributed by atoms with Crippen molar-refractivity contribution in [1.82, 2.24) is 10.2 Å². The molecule has 0 spiro atoms. The summed E-state index contributed by atoms with van der Waals surface area (Å²) in [5, 5.41) is 9.48. The van der Waals surface area contributed by atoms with Gasteiger partial charge in [-0.3, -0.25) is 9.89 Å². The van der Waals surface area contributed by atoms with Gasteiger partial charge in [-0.25, -0.2) is 0 Å². The first-order chi connectivity index (χ1) is 8.15. The zero-order valence-electron chi connectivity index (χ0n) is 9.95. The first-order valence-electron chi connectivity index (χ1n) is 5.50. The van der Waals surface area contributed by atoms with Gasteiger partial charge >= 0.3 is 0 Å². The maximum atomic E-state index is 11.8. The van der Waals surface area contributed by atoms with E-state index in [-0.39, 0.29) is 5.91 Å². The van der Waals surface area contributed by atoms with E-state index < -0.39 is 0 Å². The first-order valence-corrected chi connectivity index (χ1v) is 5.50. The fourth-order valence-electron chi connectivity index (χ4n) is 1.62. The van der Waals surface area contributed by atoms with Crippen LogP contribution < -0.4 is 5.32 Å². The predicted molar refractivity (Wildman–Crippen MR) is 66.8 cm³/mol. The standard InChI is InChI=1S/C13H15N3O/c1-9-3-4-10(2)12(7-9)15-13(17)8-11-5-6-14-16-11/h3-7H,8H2,1-2H3,(H,14,16)(H,15,17). The molecule has 0 aliphatic rings. The minimum atomic E-state index is -0.0389. The SMILES string of the molecule is Cc1ccc(C)c(NC(=O)Cc2ccn[nH]2)c1. The number of aromatic nitrogens is 2. The monoisotopic (exact) mass is 229 g/mol. The fourth-order valence-corrected chi connectivity index (χ4v) is 1.62. The van der Waals surface area contributed by atoms with E-state index in [0.29, 0.717) is 6.42 Å². The van der Waals surface area contributed by atoms with Gasteiger partial charge in [0, 0.05) is 17.6 Å². The summed E-state index contributed by atoms with van der Waals surface area (Å²) in [7, 11) is 0. The molecule has 0 bridgehead atoms. The molecular weight excluding hydrogens is 214 g/mol. The molecule has 1 amide bonds. The Morgan fingerprint density at radius 3 is 2.88 bits per heavy atom. The Morgan fingerprint density at radius 1 is 1.35 bits per heavy atom. The summed E-state index contributed by atoms with van der Waals surface area (Å²) in [6.07, 6.45) is 1.95. The average molecular weight is 229 g/mol. The highest BCUT2D eigenvalue weighted by Crippen LogP contribution is 2.16. The van der Waals surface area contributed by atoms with Crippen molar-refractivity contribution in [2.24, 2.45) is 0 Å². The van der Waals surface area contributed by atoms with Crippen LogP contribution in [-0.4, -0.2) is 16.1 Å². The Balaban J connectivity index is 2.05. The zero-order chi connectivity index (χ0) is 12.3. The number of carbonyl (C=O) groups is 1. The minimum absolute atomic E-state index is 0.0389. The van der Waals surface area contributed by atoms with Crippen LogP contribution in [0.5, 0.6) is 0 Å². The van der Waals surface area contributed by atoms with Crippen LogP contribution in [0.3, 0.4) is 0 Å². The summed E-state index contributed by atoms with van der Waals surface area (Å²) >= 11 is 0. The Kier molecular flexibility index (Phi) is 3.23. The number of H-pyrrole nitrogens is 1. The maximum absolute atomic E-state index is 11.8. The molecule has 88 valence electrons. The van der Waals surface area contributed by atoms with E-state index in [2.05, 4.69) is 15.5 Å². The van der Waals surface area contributed by atoms with Gasteiger partial charge in [0.25, 0.3) is 0 Å². The number of nitrogens with zero attached hydrogens (tertiary/aromatic N) is 1. The number of amides is 1. The number of benzene rings is 1. The largest absolute Gasteiger partial charge is 0.326 e. The van der Waals surface area contributed by atoms with Crippen molar-refractivity contribution in [3.63, 3.8) is 0 Å². The molecule has 0 fully saturated rings. The van der Waals surface area contributed by atoms with Gasteiger partial charge in [0.2, 0.25) is 5.91 Å². The Labute approximate surface area is 100 Å². The highest BCUT2D eigenvalue weighted by molar-refractivity contribution is 5.92. The molecule has 1 aromatic heterocycles. The van der Waals surface area contributed by atoms with Crippen LogP contribution in [0.4, 0.5) is 5.69 Å². The third-order valence-corrected chi connectivity index (χ3v) is 2.58. The van der Waals surface area contributed by atoms with E-state index in [1.165, 1.54) is 0 Å². The van der Waals surface area contributed by atoms with Gasteiger partial charge in [0.1, 0.15) is 0 Å². The van der Waals surface area contributed by atoms with Crippen molar-refractivity contribution < 1.29 is 4.79 Å². The molecule has 0 aliphatic carbocycles. The number of anilines is 1. The van der Waals surface area contributed by atoms with Crippen LogP contribution in [0.15, 0.2) is 30.5 Å². The molecule has 0 aliphatic heterocycles. The molecule has 0 saturated heterocycles. The molecule has 2 rings (SSSR count). The average Bonchev–Trinajstić information content (AvgIpc) is 2.76. The number of nitrogens with one attached hydrogen (secondary N) is 2. The molecule has 2 aromatic rings. The normalized spacial score (nSPS) is 10.2. The predicted octanol–water partition coefficient (Wildman–Crippen LogP) is 2.21. The topological polar surface area (TPSA) is 57.8 Å². The number of carbonyl (C=O) groups excluding carboxylic acids is 1. The van der Waals surface area contributed by atoms with Gasteiger partial charge in [0.05, 0.1) is 6.42 Å². The van der Waals surface area contributed by atoms with Crippen molar-refractivity contribution in [2.75, 3.05) is 5.32 Å². The molecule has 2 N–H and O–H groups in total. The van der Waals surface area contributed by atoms with E-state index in [4.69, 9.17) is 0 Å². The minimum Gasteiger partial charge on any atom is -0.326 e. The molecule has 17 heavy (non-hydrogen) atoms. The maximum Gasteiger partial charge on any atom is 0.230 e. The van der Waals surface area contributed by atoms with Crippen LogP contribution >= 0.6 is 0 Å². The summed E-state index contributed by atoms with van der Waals surface area (Å²) in [6, 6.07) is 7.80. The lowest BCUT2D eigenvalue weighted by Crippen LogP contribution is -2.15. The second-order valence-electron chi connectivity index (χ2n) is 4.13. The van der Waals surface area contributed by atoms with Gasteiger partial charge in [0.15, 0.2) is 0 Å². The molecule has 0 saturated carbocycles. The highest BCUT2D eigenvalue weighted by atomic mass is 16.1. The Bertz CT molecular complexity index is 517.